The second-order valence-corrected chi connectivity index (χ2v) is 7.13. The average molecular weight is 357 g/mol. The zero-order valence-electron chi connectivity index (χ0n) is 14.4. The number of hydrogen-bond donors (Lipinski definition) is 3. The summed E-state index contributed by atoms with van der Waals surface area (Å²) in [5.74, 6) is -0.0651. The molecule has 0 saturated carbocycles. The average Bonchev–Trinajstić information content (AvgIpc) is 2.93. The van der Waals surface area contributed by atoms with E-state index < -0.39 is 6.10 Å². The number of hydrogen-bond acceptors (Lipinski definition) is 5. The van der Waals surface area contributed by atoms with Crippen LogP contribution in [0.1, 0.15) is 37.4 Å². The number of aliphatic hydroxyl groups excluding tert-OH is 1. The van der Waals surface area contributed by atoms with Crippen LogP contribution in [-0.4, -0.2) is 35.3 Å². The third-order valence-electron chi connectivity index (χ3n) is 4.51. The van der Waals surface area contributed by atoms with E-state index in [9.17, 15) is 9.90 Å². The van der Waals surface area contributed by atoms with Gasteiger partial charge in [-0.05, 0) is 42.9 Å². The number of carbonyl (C=O) groups excluding carboxylic acids is 1. The minimum atomic E-state index is -0.435. The molecule has 1 saturated heterocycles. The molecule has 1 aromatic carbocycles. The van der Waals surface area contributed by atoms with E-state index in [1.807, 2.05) is 36.9 Å². The zero-order valence-corrected chi connectivity index (χ0v) is 15.2. The van der Waals surface area contributed by atoms with Crippen LogP contribution >= 0.6 is 11.8 Å². The molecule has 1 aromatic rings. The van der Waals surface area contributed by atoms with Crippen molar-refractivity contribution in [3.8, 4) is 0 Å². The molecule has 0 bridgehead atoms. The minimum absolute atomic E-state index is 0.0651. The van der Waals surface area contributed by atoms with Crippen LogP contribution in [0.3, 0.4) is 0 Å². The first-order chi connectivity index (χ1) is 12.0. The van der Waals surface area contributed by atoms with Gasteiger partial charge in [-0.25, -0.2) is 0 Å². The molecule has 0 aromatic heterocycles. The molecule has 2 aliphatic heterocycles. The van der Waals surface area contributed by atoms with Gasteiger partial charge in [-0.15, -0.1) is 0 Å². The van der Waals surface area contributed by atoms with Crippen LogP contribution in [0.25, 0.3) is 5.57 Å². The number of nitrogens with zero attached hydrogens (tertiary/aromatic N) is 1. The molecular formula is C19H23N3O2S. The van der Waals surface area contributed by atoms with Gasteiger partial charge >= 0.3 is 0 Å². The Morgan fingerprint density at radius 1 is 1.40 bits per heavy atom. The summed E-state index contributed by atoms with van der Waals surface area (Å²) in [5.41, 5.74) is 6.08. The van der Waals surface area contributed by atoms with Crippen molar-refractivity contribution in [3.05, 3.63) is 52.6 Å². The lowest BCUT2D eigenvalue weighted by Gasteiger charge is -2.18. The number of aliphatic hydroxyl groups is 1. The number of benzene rings is 1. The summed E-state index contributed by atoms with van der Waals surface area (Å²) in [6, 6.07) is 7.79. The first kappa shape index (κ1) is 17.9. The van der Waals surface area contributed by atoms with Gasteiger partial charge in [-0.1, -0.05) is 36.0 Å². The Labute approximate surface area is 152 Å². The molecule has 1 fully saturated rings. The topological polar surface area (TPSA) is 73.7 Å². The quantitative estimate of drug-likeness (QED) is 0.774. The summed E-state index contributed by atoms with van der Waals surface area (Å²) in [6.45, 7) is 4.45. The van der Waals surface area contributed by atoms with E-state index in [-0.39, 0.29) is 18.0 Å². The van der Waals surface area contributed by atoms with Crippen LogP contribution < -0.4 is 10.6 Å². The lowest BCUT2D eigenvalue weighted by Crippen LogP contribution is -2.41. The Hall–Kier alpha value is -1.89. The first-order valence-corrected chi connectivity index (χ1v) is 9.36. The van der Waals surface area contributed by atoms with Crippen molar-refractivity contribution in [1.29, 1.82) is 0 Å². The molecule has 3 rings (SSSR count). The number of β-amino-alcohol motifs (C(OH)–C–C–N with tert-alkyl or cyclic N) is 1. The third kappa shape index (κ3) is 4.39. The van der Waals surface area contributed by atoms with Gasteiger partial charge in [0.15, 0.2) is 0 Å². The number of carbonyl (C=O) groups is 1. The van der Waals surface area contributed by atoms with E-state index in [4.69, 9.17) is 0 Å². The van der Waals surface area contributed by atoms with Crippen molar-refractivity contribution in [2.45, 2.75) is 38.5 Å². The third-order valence-corrected chi connectivity index (χ3v) is 5.04. The van der Waals surface area contributed by atoms with Gasteiger partial charge in [0.05, 0.1) is 23.7 Å². The maximum Gasteiger partial charge on any atom is 0.237 e. The summed E-state index contributed by atoms with van der Waals surface area (Å²) in [5, 5.41) is 17.6. The van der Waals surface area contributed by atoms with Gasteiger partial charge in [-0.2, -0.15) is 0 Å². The molecule has 2 unspecified atom stereocenters. The molecule has 3 N–H and O–H groups in total. The Kier molecular flexibility index (Phi) is 5.73. The fraction of sp³-hybridized carbons (Fsp3) is 0.368. The smallest absolute Gasteiger partial charge is 0.237 e. The molecule has 25 heavy (non-hydrogen) atoms. The van der Waals surface area contributed by atoms with Gasteiger partial charge < -0.3 is 15.7 Å². The Balaban J connectivity index is 1.67. The molecule has 0 radical (unpaired) electrons. The molecule has 0 spiro atoms. The normalized spacial score (nSPS) is 24.3. The molecule has 132 valence electrons. The molecule has 0 aliphatic carbocycles. The maximum absolute atomic E-state index is 12.3. The summed E-state index contributed by atoms with van der Waals surface area (Å²) < 4.78 is 0. The van der Waals surface area contributed by atoms with Crippen molar-refractivity contribution in [3.63, 3.8) is 0 Å². The van der Waals surface area contributed by atoms with E-state index in [2.05, 4.69) is 33.8 Å². The maximum atomic E-state index is 12.3. The first-order valence-electron chi connectivity index (χ1n) is 8.42. The van der Waals surface area contributed by atoms with Crippen LogP contribution in [0.15, 0.2) is 46.4 Å². The Bertz CT molecular complexity index is 725. The van der Waals surface area contributed by atoms with Crippen LogP contribution in [0.2, 0.25) is 0 Å². The minimum Gasteiger partial charge on any atom is -0.392 e. The molecule has 1 amide bonds. The van der Waals surface area contributed by atoms with Crippen molar-refractivity contribution in [1.82, 2.24) is 10.6 Å². The summed E-state index contributed by atoms with van der Waals surface area (Å²) in [6.07, 6.45) is 2.11. The largest absolute Gasteiger partial charge is 0.392 e. The van der Waals surface area contributed by atoms with Gasteiger partial charge in [0, 0.05) is 17.8 Å². The molecule has 2 heterocycles. The van der Waals surface area contributed by atoms with Gasteiger partial charge in [0.1, 0.15) is 0 Å². The summed E-state index contributed by atoms with van der Waals surface area (Å²) in [4.78, 5) is 16.6. The molecule has 2 aliphatic rings. The summed E-state index contributed by atoms with van der Waals surface area (Å²) in [7, 11) is 0. The number of nitrogens with one attached hydrogen (secondary N) is 2. The fourth-order valence-corrected chi connectivity index (χ4v) is 3.52. The Morgan fingerprint density at radius 2 is 2.16 bits per heavy atom. The van der Waals surface area contributed by atoms with E-state index in [0.29, 0.717) is 13.0 Å². The highest BCUT2D eigenvalue weighted by Crippen LogP contribution is 2.26. The summed E-state index contributed by atoms with van der Waals surface area (Å²) >= 11 is 1.56. The van der Waals surface area contributed by atoms with Gasteiger partial charge in [0.2, 0.25) is 5.91 Å². The highest BCUT2D eigenvalue weighted by molar-refractivity contribution is 8.14. The van der Waals surface area contributed by atoms with Crippen LogP contribution in [0.4, 0.5) is 0 Å². The molecule has 3 atom stereocenters. The van der Waals surface area contributed by atoms with Gasteiger partial charge in [-0.3, -0.25) is 9.79 Å². The van der Waals surface area contributed by atoms with E-state index in [0.717, 1.165) is 22.4 Å². The van der Waals surface area contributed by atoms with Crippen molar-refractivity contribution < 1.29 is 9.90 Å². The van der Waals surface area contributed by atoms with Crippen molar-refractivity contribution >= 4 is 28.8 Å². The molecular weight excluding hydrogens is 334 g/mol. The van der Waals surface area contributed by atoms with E-state index in [1.54, 1.807) is 11.8 Å². The highest BCUT2D eigenvalue weighted by Gasteiger charge is 2.28. The number of thioether (sulfide) groups is 1. The van der Waals surface area contributed by atoms with Crippen LogP contribution in [0, 0.1) is 0 Å². The molecule has 6 heteroatoms. The standard InChI is InChI=1S/C19H23N3O2S/c1-12(22-19(24)18-9-16(23)10-20-18)14-3-5-15(6-4-14)17-7-8-25-11-21-13(17)2/h3-8,11-12,16,18,20,23H,9-10H2,1-2H3,(H,22,24)/t12-,16?,18?/m0/s1. The lowest BCUT2D eigenvalue weighted by atomic mass is 10.00. The number of aliphatic imine (C=N–C) groups is 1. The number of rotatable bonds is 4. The monoisotopic (exact) mass is 357 g/mol. The lowest BCUT2D eigenvalue weighted by molar-refractivity contribution is -0.123. The number of allylic oxidation sites excluding steroid dienone is 3. The fourth-order valence-electron chi connectivity index (χ4n) is 3.01. The van der Waals surface area contributed by atoms with Gasteiger partial charge in [0.25, 0.3) is 0 Å². The SMILES string of the molecule is CC1=C(c2ccc([C@H](C)NC(=O)C3CC(O)CN3)cc2)C=CSC=N1. The van der Waals surface area contributed by atoms with Crippen molar-refractivity contribution in [2.75, 3.05) is 6.54 Å². The zero-order chi connectivity index (χ0) is 17.8. The predicted molar refractivity (Wildman–Crippen MR) is 103 cm³/mol. The predicted octanol–water partition coefficient (Wildman–Crippen LogP) is 2.61. The van der Waals surface area contributed by atoms with E-state index >= 15 is 0 Å². The second-order valence-electron chi connectivity index (χ2n) is 6.38. The highest BCUT2D eigenvalue weighted by atomic mass is 32.2. The molecule has 5 nitrogen and oxygen atoms in total. The Morgan fingerprint density at radius 3 is 2.84 bits per heavy atom. The van der Waals surface area contributed by atoms with E-state index in [1.165, 1.54) is 0 Å². The van der Waals surface area contributed by atoms with Crippen LogP contribution in [-0.2, 0) is 4.79 Å². The second kappa shape index (κ2) is 7.99. The number of amides is 1. The van der Waals surface area contributed by atoms with Crippen molar-refractivity contribution in [2.24, 2.45) is 4.99 Å². The van der Waals surface area contributed by atoms with Crippen LogP contribution in [0.5, 0.6) is 0 Å².